The molecule has 0 saturated carbocycles. The summed E-state index contributed by atoms with van der Waals surface area (Å²) in [7, 11) is 0. The van der Waals surface area contributed by atoms with E-state index in [1.165, 1.54) is 12.3 Å². The lowest BCUT2D eigenvalue weighted by Crippen LogP contribution is -2.23. The maximum Gasteiger partial charge on any atom is 0.252 e. The van der Waals surface area contributed by atoms with E-state index in [-0.39, 0.29) is 17.0 Å². The maximum atomic E-state index is 11.2. The number of anilines is 1. The van der Waals surface area contributed by atoms with Gasteiger partial charge in [-0.2, -0.15) is 0 Å². The third kappa shape index (κ3) is 4.58. The van der Waals surface area contributed by atoms with Crippen LogP contribution in [0.2, 0.25) is 0 Å². The first-order chi connectivity index (χ1) is 8.29. The van der Waals surface area contributed by atoms with E-state index in [9.17, 15) is 4.79 Å². The molecule has 1 rings (SSSR count). The second-order valence-electron chi connectivity index (χ2n) is 4.78. The van der Waals surface area contributed by atoms with Crippen molar-refractivity contribution < 1.29 is 14.3 Å². The number of rotatable bonds is 5. The van der Waals surface area contributed by atoms with Crippen molar-refractivity contribution >= 4 is 11.7 Å². The molecule has 0 aliphatic carbocycles. The standard InChI is InChI=1S/C12H19N3O3/c1-12(2,3)18-5-4-17-9-7-15-10(13)6-8(9)11(14)16/h6-7H,4-5H2,1-3H3,(H2,13,15)(H2,14,16). The van der Waals surface area contributed by atoms with Crippen molar-refractivity contribution in [2.24, 2.45) is 5.73 Å². The molecule has 0 atom stereocenters. The summed E-state index contributed by atoms with van der Waals surface area (Å²) in [5, 5.41) is 0. The Balaban J connectivity index is 2.59. The van der Waals surface area contributed by atoms with Crippen LogP contribution in [0.3, 0.4) is 0 Å². The SMILES string of the molecule is CC(C)(C)OCCOc1cnc(N)cc1C(N)=O. The van der Waals surface area contributed by atoms with E-state index in [1.54, 1.807) is 0 Å². The van der Waals surface area contributed by atoms with Gasteiger partial charge in [0.05, 0.1) is 24.0 Å². The highest BCUT2D eigenvalue weighted by atomic mass is 16.5. The Morgan fingerprint density at radius 1 is 1.39 bits per heavy atom. The van der Waals surface area contributed by atoms with Crippen LogP contribution in [0.1, 0.15) is 31.1 Å². The van der Waals surface area contributed by atoms with Crippen LogP contribution >= 0.6 is 0 Å². The van der Waals surface area contributed by atoms with E-state index in [2.05, 4.69) is 4.98 Å². The van der Waals surface area contributed by atoms with E-state index in [4.69, 9.17) is 20.9 Å². The van der Waals surface area contributed by atoms with Gasteiger partial charge in [0.15, 0.2) is 5.75 Å². The van der Waals surface area contributed by atoms with Crippen molar-refractivity contribution in [2.75, 3.05) is 18.9 Å². The molecule has 100 valence electrons. The van der Waals surface area contributed by atoms with Crippen LogP contribution in [0, 0.1) is 0 Å². The minimum Gasteiger partial charge on any atom is -0.489 e. The minimum absolute atomic E-state index is 0.221. The van der Waals surface area contributed by atoms with E-state index in [0.29, 0.717) is 19.0 Å². The molecule has 6 nitrogen and oxygen atoms in total. The Bertz CT molecular complexity index is 427. The van der Waals surface area contributed by atoms with Crippen LogP contribution in [0.4, 0.5) is 5.82 Å². The largest absolute Gasteiger partial charge is 0.489 e. The van der Waals surface area contributed by atoms with Gasteiger partial charge in [-0.1, -0.05) is 0 Å². The predicted molar refractivity (Wildman–Crippen MR) is 68.4 cm³/mol. The minimum atomic E-state index is -0.601. The summed E-state index contributed by atoms with van der Waals surface area (Å²) in [6.45, 7) is 6.57. The lowest BCUT2D eigenvalue weighted by atomic mass is 10.2. The summed E-state index contributed by atoms with van der Waals surface area (Å²) in [4.78, 5) is 15.0. The van der Waals surface area contributed by atoms with Gasteiger partial charge in [0, 0.05) is 0 Å². The molecule has 1 amide bonds. The molecule has 0 aromatic carbocycles. The van der Waals surface area contributed by atoms with Crippen LogP contribution in [0.25, 0.3) is 0 Å². The van der Waals surface area contributed by atoms with Gasteiger partial charge in [-0.05, 0) is 26.8 Å². The van der Waals surface area contributed by atoms with Crippen LogP contribution < -0.4 is 16.2 Å². The van der Waals surface area contributed by atoms with Crippen LogP contribution in [0.15, 0.2) is 12.3 Å². The van der Waals surface area contributed by atoms with Crippen molar-refractivity contribution in [1.29, 1.82) is 0 Å². The van der Waals surface area contributed by atoms with Crippen molar-refractivity contribution in [2.45, 2.75) is 26.4 Å². The Labute approximate surface area is 106 Å². The van der Waals surface area contributed by atoms with Gasteiger partial charge in [0.25, 0.3) is 5.91 Å². The molecule has 0 unspecified atom stereocenters. The number of hydrogen-bond donors (Lipinski definition) is 2. The highest BCUT2D eigenvalue weighted by Crippen LogP contribution is 2.18. The number of nitrogen functional groups attached to an aromatic ring is 1. The molecule has 0 aliphatic rings. The Morgan fingerprint density at radius 2 is 2.06 bits per heavy atom. The molecule has 6 heteroatoms. The van der Waals surface area contributed by atoms with E-state index in [1.807, 2.05) is 20.8 Å². The normalized spacial score (nSPS) is 11.3. The quantitative estimate of drug-likeness (QED) is 0.761. The second-order valence-corrected chi connectivity index (χ2v) is 4.78. The van der Waals surface area contributed by atoms with Crippen LogP contribution in [-0.2, 0) is 4.74 Å². The van der Waals surface area contributed by atoms with E-state index in [0.717, 1.165) is 0 Å². The lowest BCUT2D eigenvalue weighted by Gasteiger charge is -2.19. The average molecular weight is 253 g/mol. The third-order valence-corrected chi connectivity index (χ3v) is 2.03. The van der Waals surface area contributed by atoms with Crippen molar-refractivity contribution in [1.82, 2.24) is 4.98 Å². The summed E-state index contributed by atoms with van der Waals surface area (Å²) < 4.78 is 10.9. The lowest BCUT2D eigenvalue weighted by molar-refractivity contribution is -0.0164. The Morgan fingerprint density at radius 3 is 2.61 bits per heavy atom. The number of carbonyl (C=O) groups excluding carboxylic acids is 1. The number of ether oxygens (including phenoxy) is 2. The zero-order valence-electron chi connectivity index (χ0n) is 10.9. The molecule has 0 radical (unpaired) electrons. The van der Waals surface area contributed by atoms with E-state index < -0.39 is 5.91 Å². The summed E-state index contributed by atoms with van der Waals surface area (Å²) >= 11 is 0. The number of nitrogens with two attached hydrogens (primary N) is 2. The van der Waals surface area contributed by atoms with Crippen LogP contribution in [0.5, 0.6) is 5.75 Å². The smallest absolute Gasteiger partial charge is 0.252 e. The monoisotopic (exact) mass is 253 g/mol. The molecule has 4 N–H and O–H groups in total. The highest BCUT2D eigenvalue weighted by Gasteiger charge is 2.12. The molecule has 0 aliphatic heterocycles. The zero-order valence-corrected chi connectivity index (χ0v) is 10.9. The topological polar surface area (TPSA) is 100 Å². The Hall–Kier alpha value is -1.82. The maximum absolute atomic E-state index is 11.2. The number of nitrogens with zero attached hydrogens (tertiary/aromatic N) is 1. The third-order valence-electron chi connectivity index (χ3n) is 2.03. The van der Waals surface area contributed by atoms with Gasteiger partial charge >= 0.3 is 0 Å². The first-order valence-electron chi connectivity index (χ1n) is 5.61. The van der Waals surface area contributed by atoms with Gasteiger partial charge in [-0.25, -0.2) is 4.98 Å². The average Bonchev–Trinajstić information content (AvgIpc) is 2.24. The van der Waals surface area contributed by atoms with Gasteiger partial charge in [-0.15, -0.1) is 0 Å². The molecule has 1 aromatic heterocycles. The molecule has 18 heavy (non-hydrogen) atoms. The highest BCUT2D eigenvalue weighted by molar-refractivity contribution is 5.96. The first kappa shape index (κ1) is 14.2. The molecule has 0 spiro atoms. The number of pyridine rings is 1. The van der Waals surface area contributed by atoms with Crippen molar-refractivity contribution in [3.63, 3.8) is 0 Å². The van der Waals surface area contributed by atoms with Gasteiger partial charge in [0.2, 0.25) is 0 Å². The summed E-state index contributed by atoms with van der Waals surface area (Å²) in [5.41, 5.74) is 10.7. The summed E-state index contributed by atoms with van der Waals surface area (Å²) in [6.07, 6.45) is 1.38. The predicted octanol–water partition coefficient (Wildman–Crippen LogP) is 0.957. The molecular formula is C12H19N3O3. The molecule has 0 fully saturated rings. The number of amides is 1. The van der Waals surface area contributed by atoms with Gasteiger partial charge in [-0.3, -0.25) is 4.79 Å². The van der Waals surface area contributed by atoms with Crippen molar-refractivity contribution in [3.8, 4) is 5.75 Å². The first-order valence-corrected chi connectivity index (χ1v) is 5.61. The fourth-order valence-corrected chi connectivity index (χ4v) is 1.27. The van der Waals surface area contributed by atoms with Crippen molar-refractivity contribution in [3.05, 3.63) is 17.8 Å². The second kappa shape index (κ2) is 5.68. The molecule has 0 saturated heterocycles. The molecular weight excluding hydrogens is 234 g/mol. The molecule has 0 bridgehead atoms. The van der Waals surface area contributed by atoms with Gasteiger partial charge in [0.1, 0.15) is 12.4 Å². The van der Waals surface area contributed by atoms with Gasteiger partial charge < -0.3 is 20.9 Å². The summed E-state index contributed by atoms with van der Waals surface area (Å²) in [5.74, 6) is -0.0628. The fraction of sp³-hybridized carbons (Fsp3) is 0.500. The number of aromatic nitrogens is 1. The zero-order chi connectivity index (χ0) is 13.8. The molecule has 1 aromatic rings. The fourth-order valence-electron chi connectivity index (χ4n) is 1.27. The number of carbonyl (C=O) groups is 1. The Kier molecular flexibility index (Phi) is 4.49. The number of primary amides is 1. The molecule has 1 heterocycles. The van der Waals surface area contributed by atoms with E-state index >= 15 is 0 Å². The summed E-state index contributed by atoms with van der Waals surface area (Å²) in [6, 6.07) is 1.39. The number of hydrogen-bond acceptors (Lipinski definition) is 5. The van der Waals surface area contributed by atoms with Crippen LogP contribution in [-0.4, -0.2) is 29.7 Å².